The van der Waals surface area contributed by atoms with E-state index in [2.05, 4.69) is 6.92 Å². The molecule has 5 fully saturated rings. The number of aliphatic carboxylic acids is 1. The summed E-state index contributed by atoms with van der Waals surface area (Å²) in [6.45, 7) is 6.56. The highest BCUT2D eigenvalue weighted by atomic mass is 16.8. The van der Waals surface area contributed by atoms with E-state index < -0.39 is 41.3 Å². The lowest BCUT2D eigenvalue weighted by Gasteiger charge is -2.53. The molecule has 1 unspecified atom stereocenters. The molecule has 32 heavy (non-hydrogen) atoms. The number of hydrogen-bond donors (Lipinski definition) is 1. The number of esters is 2. The molecule has 7 aliphatic rings. The van der Waals surface area contributed by atoms with Gasteiger partial charge < -0.3 is 28.8 Å². The molecule has 9 heteroatoms. The summed E-state index contributed by atoms with van der Waals surface area (Å²) in [7, 11) is 0. The Balaban J connectivity index is 1.33. The highest BCUT2D eigenvalue weighted by Crippen LogP contribution is 2.83. The fraction of sp³-hybridized carbons (Fsp3) is 0.783. The molecular weight excluding hydrogens is 420 g/mol. The van der Waals surface area contributed by atoms with E-state index in [-0.39, 0.29) is 41.5 Å². The SMILES string of the molecule is CC(C)[C@]12O[C@H]1[C@@H]1O[C@@]13[C@@]1(C)CCC4=C(COC4=O)[C@@H]1C[C@@H]1O[C@@]13C2OC(=O)CC(=O)O. The van der Waals surface area contributed by atoms with E-state index in [4.69, 9.17) is 28.8 Å². The van der Waals surface area contributed by atoms with E-state index in [9.17, 15) is 14.4 Å². The van der Waals surface area contributed by atoms with E-state index >= 15 is 0 Å². The first-order valence-corrected chi connectivity index (χ1v) is 11.5. The molecule has 0 aromatic carbocycles. The normalized spacial score (nSPS) is 53.1. The Morgan fingerprint density at radius 3 is 2.72 bits per heavy atom. The topological polar surface area (TPSA) is 127 Å². The molecule has 0 aromatic rings. The summed E-state index contributed by atoms with van der Waals surface area (Å²) >= 11 is 0. The minimum absolute atomic E-state index is 0.0311. The maximum Gasteiger partial charge on any atom is 0.334 e. The summed E-state index contributed by atoms with van der Waals surface area (Å²) in [5.74, 6) is -2.11. The number of carboxylic acids is 1. The van der Waals surface area contributed by atoms with Gasteiger partial charge in [0.2, 0.25) is 0 Å². The monoisotopic (exact) mass is 446 g/mol. The van der Waals surface area contributed by atoms with Gasteiger partial charge in [0.15, 0.2) is 11.7 Å². The van der Waals surface area contributed by atoms with Crippen LogP contribution in [-0.4, -0.2) is 70.8 Å². The number of epoxide rings is 3. The van der Waals surface area contributed by atoms with Crippen LogP contribution in [0.15, 0.2) is 11.1 Å². The van der Waals surface area contributed by atoms with Crippen molar-refractivity contribution >= 4 is 17.9 Å². The average molecular weight is 446 g/mol. The van der Waals surface area contributed by atoms with Gasteiger partial charge in [-0.1, -0.05) is 20.8 Å². The minimum atomic E-state index is -1.23. The van der Waals surface area contributed by atoms with Crippen LogP contribution in [0.5, 0.6) is 0 Å². The molecule has 4 heterocycles. The van der Waals surface area contributed by atoms with Gasteiger partial charge in [-0.2, -0.15) is 0 Å². The predicted molar refractivity (Wildman–Crippen MR) is 103 cm³/mol. The van der Waals surface area contributed by atoms with Gasteiger partial charge in [0.05, 0.1) is 6.10 Å². The number of ether oxygens (including phenoxy) is 5. The molecule has 2 saturated carbocycles. The van der Waals surface area contributed by atoms with E-state index in [1.54, 1.807) is 0 Å². The third-order valence-electron chi connectivity index (χ3n) is 9.61. The van der Waals surface area contributed by atoms with Crippen molar-refractivity contribution in [3.8, 4) is 0 Å². The maximum atomic E-state index is 12.5. The Morgan fingerprint density at radius 2 is 2.00 bits per heavy atom. The summed E-state index contributed by atoms with van der Waals surface area (Å²) in [6, 6.07) is 0. The van der Waals surface area contributed by atoms with Crippen LogP contribution in [-0.2, 0) is 38.1 Å². The predicted octanol–water partition coefficient (Wildman–Crippen LogP) is 1.13. The molecule has 7 rings (SSSR count). The van der Waals surface area contributed by atoms with Gasteiger partial charge in [0.1, 0.15) is 36.4 Å². The maximum absolute atomic E-state index is 12.5. The minimum Gasteiger partial charge on any atom is -0.481 e. The van der Waals surface area contributed by atoms with Crippen LogP contribution >= 0.6 is 0 Å². The molecular formula is C23H26O9. The highest BCUT2D eigenvalue weighted by molar-refractivity contribution is 5.92. The Bertz CT molecular complexity index is 1030. The molecule has 9 nitrogen and oxygen atoms in total. The quantitative estimate of drug-likeness (QED) is 0.384. The lowest BCUT2D eigenvalue weighted by molar-refractivity contribution is -0.171. The number of fused-ring (bicyclic) bond motifs is 4. The zero-order chi connectivity index (χ0) is 22.4. The number of carbonyl (C=O) groups is 3. The van der Waals surface area contributed by atoms with Crippen molar-refractivity contribution in [2.45, 2.75) is 87.7 Å². The molecule has 3 saturated heterocycles. The van der Waals surface area contributed by atoms with Crippen LogP contribution in [0.4, 0.5) is 0 Å². The Hall–Kier alpha value is -1.97. The summed E-state index contributed by atoms with van der Waals surface area (Å²) in [5, 5.41) is 9.10. The van der Waals surface area contributed by atoms with E-state index in [0.29, 0.717) is 19.4 Å². The molecule has 1 N–H and O–H groups in total. The second-order valence-corrected chi connectivity index (χ2v) is 10.9. The molecule has 4 aliphatic heterocycles. The van der Waals surface area contributed by atoms with Gasteiger partial charge in [-0.25, -0.2) is 4.79 Å². The van der Waals surface area contributed by atoms with Crippen molar-refractivity contribution < 1.29 is 43.2 Å². The van der Waals surface area contributed by atoms with Gasteiger partial charge in [0, 0.05) is 11.0 Å². The average Bonchev–Trinajstić information content (AvgIpc) is 3.60. The smallest absolute Gasteiger partial charge is 0.334 e. The first-order valence-electron chi connectivity index (χ1n) is 11.5. The lowest BCUT2D eigenvalue weighted by atomic mass is 9.46. The summed E-state index contributed by atoms with van der Waals surface area (Å²) in [5.41, 5.74) is -0.741. The van der Waals surface area contributed by atoms with Crippen LogP contribution in [0.2, 0.25) is 0 Å². The van der Waals surface area contributed by atoms with Crippen molar-refractivity contribution in [1.29, 1.82) is 0 Å². The number of cyclic esters (lactones) is 1. The second kappa shape index (κ2) is 5.39. The standard InChI is InChI=1S/C23H26O9/c1-9(2)21-16(31-21)17-23(32-17)20(3)5-4-10-11(8-28-18(10)27)12(20)6-13-22(23,30-13)19(21)29-15(26)7-14(24)25/h9,12-13,16-17,19H,4-8H2,1-3H3,(H,24,25)/t12-,13-,16-,17-,19?,20-,21-,22+,23+/m0/s1. The van der Waals surface area contributed by atoms with Crippen molar-refractivity contribution in [1.82, 2.24) is 0 Å². The molecule has 3 aliphatic carbocycles. The van der Waals surface area contributed by atoms with Crippen LogP contribution in [0, 0.1) is 17.3 Å². The molecule has 9 atom stereocenters. The number of carbonyl (C=O) groups excluding carboxylic acids is 2. The Labute approximate surface area is 184 Å². The van der Waals surface area contributed by atoms with Gasteiger partial charge in [-0.15, -0.1) is 0 Å². The van der Waals surface area contributed by atoms with E-state index in [1.165, 1.54) is 0 Å². The highest BCUT2D eigenvalue weighted by Gasteiger charge is 3.01. The van der Waals surface area contributed by atoms with Gasteiger partial charge in [0.25, 0.3) is 0 Å². The summed E-state index contributed by atoms with van der Waals surface area (Å²) in [6.07, 6.45) is 0.0202. The summed E-state index contributed by atoms with van der Waals surface area (Å²) in [4.78, 5) is 35.9. The number of rotatable bonds is 4. The molecule has 0 aromatic heterocycles. The third-order valence-corrected chi connectivity index (χ3v) is 9.61. The fourth-order valence-corrected chi connectivity index (χ4v) is 8.14. The molecule has 0 radical (unpaired) electrons. The summed E-state index contributed by atoms with van der Waals surface area (Å²) < 4.78 is 30.6. The lowest BCUT2D eigenvalue weighted by Crippen LogP contribution is -2.70. The van der Waals surface area contributed by atoms with Crippen LogP contribution < -0.4 is 0 Å². The van der Waals surface area contributed by atoms with Crippen molar-refractivity contribution in [2.75, 3.05) is 6.61 Å². The van der Waals surface area contributed by atoms with Crippen LogP contribution in [0.1, 0.15) is 46.5 Å². The largest absolute Gasteiger partial charge is 0.481 e. The molecule has 0 amide bonds. The third kappa shape index (κ3) is 1.82. The van der Waals surface area contributed by atoms with Gasteiger partial charge >= 0.3 is 17.9 Å². The Morgan fingerprint density at radius 1 is 1.22 bits per heavy atom. The Kier molecular flexibility index (Phi) is 3.29. The molecule has 172 valence electrons. The van der Waals surface area contributed by atoms with Crippen LogP contribution in [0.25, 0.3) is 0 Å². The van der Waals surface area contributed by atoms with Crippen molar-refractivity contribution in [2.24, 2.45) is 17.3 Å². The number of carboxylic acid groups (broad SMARTS) is 1. The van der Waals surface area contributed by atoms with Gasteiger partial charge in [-0.3, -0.25) is 9.59 Å². The van der Waals surface area contributed by atoms with Gasteiger partial charge in [-0.05, 0) is 36.7 Å². The zero-order valence-corrected chi connectivity index (χ0v) is 18.2. The molecule has 0 bridgehead atoms. The zero-order valence-electron chi connectivity index (χ0n) is 18.2. The molecule has 2 spiro atoms. The fourth-order valence-electron chi connectivity index (χ4n) is 8.14. The first-order chi connectivity index (χ1) is 15.1. The van der Waals surface area contributed by atoms with E-state index in [1.807, 2.05) is 13.8 Å². The number of hydrogen-bond acceptors (Lipinski definition) is 8. The van der Waals surface area contributed by atoms with E-state index in [0.717, 1.165) is 17.6 Å². The van der Waals surface area contributed by atoms with Crippen LogP contribution in [0.3, 0.4) is 0 Å². The van der Waals surface area contributed by atoms with Crippen molar-refractivity contribution in [3.05, 3.63) is 11.1 Å². The first kappa shape index (κ1) is 19.5. The second-order valence-electron chi connectivity index (χ2n) is 10.9. The van der Waals surface area contributed by atoms with Crippen molar-refractivity contribution in [3.63, 3.8) is 0 Å².